The minimum Gasteiger partial charge on any atom is -0.366 e. The molecule has 0 aliphatic carbocycles. The molecule has 0 bridgehead atoms. The van der Waals surface area contributed by atoms with E-state index in [9.17, 15) is 4.39 Å². The second kappa shape index (κ2) is 5.59. The van der Waals surface area contributed by atoms with Gasteiger partial charge >= 0.3 is 0 Å². The van der Waals surface area contributed by atoms with E-state index in [2.05, 4.69) is 20.6 Å². The lowest BCUT2D eigenvalue weighted by atomic mass is 10.2. The van der Waals surface area contributed by atoms with Crippen LogP contribution in [-0.4, -0.2) is 9.97 Å². The van der Waals surface area contributed by atoms with Crippen LogP contribution in [0.15, 0.2) is 36.7 Å². The summed E-state index contributed by atoms with van der Waals surface area (Å²) in [7, 11) is 0. The number of nitrogens with zero attached hydrogens (tertiary/aromatic N) is 3. The van der Waals surface area contributed by atoms with Gasteiger partial charge in [-0.2, -0.15) is 5.26 Å². The van der Waals surface area contributed by atoms with Crippen LogP contribution in [0, 0.1) is 17.3 Å². The van der Waals surface area contributed by atoms with Crippen molar-refractivity contribution in [3.63, 3.8) is 0 Å². The highest BCUT2D eigenvalue weighted by Crippen LogP contribution is 2.11. The summed E-state index contributed by atoms with van der Waals surface area (Å²) in [6, 6.07) is 8.07. The molecule has 2 aromatic rings. The van der Waals surface area contributed by atoms with E-state index >= 15 is 0 Å². The summed E-state index contributed by atoms with van der Waals surface area (Å²) >= 11 is 0. The minimum atomic E-state index is -0.269. The van der Waals surface area contributed by atoms with E-state index in [4.69, 9.17) is 5.26 Å². The van der Waals surface area contributed by atoms with Gasteiger partial charge in [0.05, 0.1) is 0 Å². The molecule has 0 aliphatic heterocycles. The number of benzene rings is 1. The average molecular weight is 243 g/mol. The Kier molecular flexibility index (Phi) is 3.66. The van der Waals surface area contributed by atoms with Gasteiger partial charge in [-0.05, 0) is 6.07 Å². The van der Waals surface area contributed by atoms with Gasteiger partial charge in [-0.25, -0.2) is 14.4 Å². The van der Waals surface area contributed by atoms with Crippen LogP contribution in [0.2, 0.25) is 0 Å². The van der Waals surface area contributed by atoms with Gasteiger partial charge in [-0.3, -0.25) is 5.32 Å². The van der Waals surface area contributed by atoms with Crippen molar-refractivity contribution in [2.75, 3.05) is 10.6 Å². The lowest BCUT2D eigenvalue weighted by molar-refractivity contribution is 0.613. The van der Waals surface area contributed by atoms with Gasteiger partial charge < -0.3 is 5.32 Å². The van der Waals surface area contributed by atoms with Gasteiger partial charge in [0, 0.05) is 18.2 Å². The first-order valence-electron chi connectivity index (χ1n) is 5.24. The third-order valence-corrected chi connectivity index (χ3v) is 2.27. The molecule has 0 radical (unpaired) electrons. The van der Waals surface area contributed by atoms with Crippen LogP contribution in [0.1, 0.15) is 5.56 Å². The van der Waals surface area contributed by atoms with E-state index in [0.29, 0.717) is 23.7 Å². The minimum absolute atomic E-state index is 0.269. The fraction of sp³-hybridized carbons (Fsp3) is 0.0833. The zero-order valence-corrected chi connectivity index (χ0v) is 9.39. The van der Waals surface area contributed by atoms with Crippen LogP contribution in [0.25, 0.3) is 0 Å². The second-order valence-electron chi connectivity index (χ2n) is 3.47. The topological polar surface area (TPSA) is 73.6 Å². The Balaban J connectivity index is 2.04. The van der Waals surface area contributed by atoms with Crippen LogP contribution >= 0.6 is 0 Å². The zero-order chi connectivity index (χ0) is 12.8. The largest absolute Gasteiger partial charge is 0.366 e. The van der Waals surface area contributed by atoms with Gasteiger partial charge in [0.1, 0.15) is 23.8 Å². The van der Waals surface area contributed by atoms with Crippen molar-refractivity contribution >= 4 is 11.6 Å². The predicted molar refractivity (Wildman–Crippen MR) is 65.0 cm³/mol. The average Bonchev–Trinajstić information content (AvgIpc) is 2.39. The highest BCUT2D eigenvalue weighted by Gasteiger charge is 2.02. The summed E-state index contributed by atoms with van der Waals surface area (Å²) in [6.07, 6.45) is 3.09. The molecule has 0 unspecified atom stereocenters. The predicted octanol–water partition coefficient (Wildman–Crippen LogP) is 2.12. The Morgan fingerprint density at radius 3 is 2.78 bits per heavy atom. The van der Waals surface area contributed by atoms with Crippen LogP contribution < -0.4 is 10.6 Å². The molecule has 6 heteroatoms. The summed E-state index contributed by atoms with van der Waals surface area (Å²) in [5.41, 5.74) is 0.547. The summed E-state index contributed by atoms with van der Waals surface area (Å²) in [6.45, 7) is 0.315. The van der Waals surface area contributed by atoms with Gasteiger partial charge in [0.2, 0.25) is 0 Å². The summed E-state index contributed by atoms with van der Waals surface area (Å²) in [5, 5.41) is 13.8. The molecule has 1 aromatic heterocycles. The van der Waals surface area contributed by atoms with Crippen molar-refractivity contribution < 1.29 is 4.39 Å². The number of nitrogens with one attached hydrogen (secondary N) is 2. The van der Waals surface area contributed by atoms with Crippen molar-refractivity contribution in [2.24, 2.45) is 0 Å². The van der Waals surface area contributed by atoms with E-state index in [0.717, 1.165) is 0 Å². The molecule has 0 fully saturated rings. The Hall–Kier alpha value is -2.68. The fourth-order valence-electron chi connectivity index (χ4n) is 1.41. The highest BCUT2D eigenvalue weighted by molar-refractivity contribution is 5.48. The van der Waals surface area contributed by atoms with E-state index in [-0.39, 0.29) is 5.82 Å². The maximum Gasteiger partial charge on any atom is 0.182 e. The van der Waals surface area contributed by atoms with Crippen molar-refractivity contribution in [1.82, 2.24) is 9.97 Å². The van der Waals surface area contributed by atoms with Crippen LogP contribution in [0.3, 0.4) is 0 Å². The number of hydrogen-bond acceptors (Lipinski definition) is 5. The van der Waals surface area contributed by atoms with E-state index in [1.54, 1.807) is 30.5 Å². The number of anilines is 2. The summed E-state index contributed by atoms with van der Waals surface area (Å²) < 4.78 is 13.4. The van der Waals surface area contributed by atoms with Crippen molar-refractivity contribution in [2.45, 2.75) is 6.54 Å². The maximum atomic E-state index is 13.4. The molecule has 0 atom stereocenters. The smallest absolute Gasteiger partial charge is 0.182 e. The lowest BCUT2D eigenvalue weighted by Gasteiger charge is -2.06. The normalized spacial score (nSPS) is 9.56. The lowest BCUT2D eigenvalue weighted by Crippen LogP contribution is -2.04. The Morgan fingerprint density at radius 2 is 2.00 bits per heavy atom. The molecule has 18 heavy (non-hydrogen) atoms. The molecule has 0 spiro atoms. The first-order valence-corrected chi connectivity index (χ1v) is 5.24. The van der Waals surface area contributed by atoms with Gasteiger partial charge in [-0.15, -0.1) is 0 Å². The molecule has 0 saturated carbocycles. The Labute approximate surface area is 103 Å². The SMILES string of the molecule is N#CNc1cc(NCc2ccccc2F)ncn1. The molecule has 1 heterocycles. The summed E-state index contributed by atoms with van der Waals surface area (Å²) in [4.78, 5) is 7.82. The fourth-order valence-corrected chi connectivity index (χ4v) is 1.41. The van der Waals surface area contributed by atoms with Gasteiger partial charge in [0.15, 0.2) is 6.19 Å². The molecule has 0 aliphatic rings. The van der Waals surface area contributed by atoms with Crippen LogP contribution in [0.4, 0.5) is 16.0 Å². The maximum absolute atomic E-state index is 13.4. The monoisotopic (exact) mass is 243 g/mol. The standard InChI is InChI=1S/C12H10FN5/c13-10-4-2-1-3-9(10)6-15-11-5-12(16-7-14)18-8-17-11/h1-5,8H,6H2,(H2,15,16,17,18). The molecule has 5 nitrogen and oxygen atoms in total. The molecular formula is C12H10FN5. The second-order valence-corrected chi connectivity index (χ2v) is 3.47. The Bertz CT molecular complexity index is 579. The molecular weight excluding hydrogens is 233 g/mol. The third-order valence-electron chi connectivity index (χ3n) is 2.27. The number of nitriles is 1. The van der Waals surface area contributed by atoms with Gasteiger partial charge in [-0.1, -0.05) is 18.2 Å². The van der Waals surface area contributed by atoms with Gasteiger partial charge in [0.25, 0.3) is 0 Å². The van der Waals surface area contributed by atoms with Crippen LogP contribution in [-0.2, 0) is 6.54 Å². The zero-order valence-electron chi connectivity index (χ0n) is 9.39. The molecule has 90 valence electrons. The number of hydrogen-bond donors (Lipinski definition) is 2. The highest BCUT2D eigenvalue weighted by atomic mass is 19.1. The van der Waals surface area contributed by atoms with Crippen molar-refractivity contribution in [1.29, 1.82) is 5.26 Å². The molecule has 2 rings (SSSR count). The molecule has 0 saturated heterocycles. The third kappa shape index (κ3) is 2.92. The van der Waals surface area contributed by atoms with E-state index in [1.807, 2.05) is 0 Å². The molecule has 1 aromatic carbocycles. The van der Waals surface area contributed by atoms with Crippen LogP contribution in [0.5, 0.6) is 0 Å². The molecule has 2 N–H and O–H groups in total. The Morgan fingerprint density at radius 1 is 1.22 bits per heavy atom. The van der Waals surface area contributed by atoms with Crippen molar-refractivity contribution in [3.05, 3.63) is 48.0 Å². The van der Waals surface area contributed by atoms with E-state index < -0.39 is 0 Å². The number of rotatable bonds is 4. The summed E-state index contributed by atoms with van der Waals surface area (Å²) in [5.74, 6) is 0.643. The van der Waals surface area contributed by atoms with E-state index in [1.165, 1.54) is 12.4 Å². The number of aromatic nitrogens is 2. The number of halogens is 1. The first-order chi connectivity index (χ1) is 8.79. The van der Waals surface area contributed by atoms with Crippen molar-refractivity contribution in [3.8, 4) is 6.19 Å². The quantitative estimate of drug-likeness (QED) is 0.635. The first kappa shape index (κ1) is 11.8. The molecule has 0 amide bonds.